The van der Waals surface area contributed by atoms with E-state index in [4.69, 9.17) is 9.15 Å². The van der Waals surface area contributed by atoms with Gasteiger partial charge in [0.05, 0.1) is 6.10 Å². The van der Waals surface area contributed by atoms with Gasteiger partial charge in [-0.05, 0) is 50.7 Å². The van der Waals surface area contributed by atoms with Crippen LogP contribution in [0.1, 0.15) is 61.4 Å². The summed E-state index contributed by atoms with van der Waals surface area (Å²) >= 11 is 0. The molecule has 1 aliphatic carbocycles. The Hall–Kier alpha value is -2.55. The first-order chi connectivity index (χ1) is 14.8. The minimum atomic E-state index is -3.12. The van der Waals surface area contributed by atoms with E-state index >= 15 is 0 Å². The molecule has 1 N–H and O–H groups in total. The molecule has 31 heavy (non-hydrogen) atoms. The summed E-state index contributed by atoms with van der Waals surface area (Å²) in [6, 6.07) is 5.99. The van der Waals surface area contributed by atoms with Crippen LogP contribution in [-0.2, 0) is 22.4 Å². The number of aromatic nitrogens is 2. The molecule has 0 saturated heterocycles. The molecule has 2 heterocycles. The number of nitrogens with zero attached hydrogens (tertiary/aromatic N) is 2. The molecule has 1 aromatic heterocycles. The Balaban J connectivity index is 1.16. The largest absolute Gasteiger partial charge is 0.480 e. The number of carbonyl (C=O) groups is 1. The van der Waals surface area contributed by atoms with Crippen molar-refractivity contribution in [2.24, 2.45) is 0 Å². The molecule has 2 aliphatic rings. The Morgan fingerprint density at radius 3 is 2.90 bits per heavy atom. The maximum absolute atomic E-state index is 12.8. The molecule has 9 heteroatoms. The number of aryl methyl sites for hydroxylation is 3. The Kier molecular flexibility index (Phi) is 6.22. The van der Waals surface area contributed by atoms with Crippen LogP contribution < -0.4 is 10.1 Å². The van der Waals surface area contributed by atoms with E-state index in [-0.39, 0.29) is 11.8 Å². The van der Waals surface area contributed by atoms with Gasteiger partial charge in [-0.15, -0.1) is 10.2 Å². The third kappa shape index (κ3) is 5.58. The molecule has 4 rings (SSSR count). The third-order valence-electron chi connectivity index (χ3n) is 5.62. The van der Waals surface area contributed by atoms with Crippen molar-refractivity contribution < 1.29 is 27.5 Å². The topological polar surface area (TPSA) is 86.5 Å². The number of ether oxygens (including phenoxy) is 2. The van der Waals surface area contributed by atoms with Crippen LogP contribution in [0, 0.1) is 6.92 Å². The zero-order valence-corrected chi connectivity index (χ0v) is 17.7. The van der Waals surface area contributed by atoms with Gasteiger partial charge in [0.25, 0.3) is 5.91 Å². The normalized spacial score (nSPS) is 22.9. The second-order valence-corrected chi connectivity index (χ2v) is 8.40. The Morgan fingerprint density at radius 2 is 2.13 bits per heavy atom. The van der Waals surface area contributed by atoms with Crippen molar-refractivity contribution in [2.75, 3.05) is 6.54 Å². The highest BCUT2D eigenvalue weighted by Gasteiger charge is 2.39. The number of benzene rings is 1. The van der Waals surface area contributed by atoms with Gasteiger partial charge in [-0.25, -0.2) is 0 Å². The predicted octanol–water partition coefficient (Wildman–Crippen LogP) is 3.70. The maximum atomic E-state index is 12.8. The van der Waals surface area contributed by atoms with Crippen LogP contribution in [0.25, 0.3) is 0 Å². The molecule has 1 aliphatic heterocycles. The molecule has 2 aromatic rings. The van der Waals surface area contributed by atoms with Crippen molar-refractivity contribution in [3.8, 4) is 5.75 Å². The maximum Gasteiger partial charge on any atom is 0.353 e. The van der Waals surface area contributed by atoms with Gasteiger partial charge in [-0.1, -0.05) is 17.7 Å². The summed E-state index contributed by atoms with van der Waals surface area (Å²) in [5, 5.41) is 10.9. The minimum absolute atomic E-state index is 0.0385. The van der Waals surface area contributed by atoms with Gasteiger partial charge in [0, 0.05) is 25.8 Å². The molecule has 1 unspecified atom stereocenters. The number of fused-ring (bicyclic) bond motifs is 1. The van der Waals surface area contributed by atoms with E-state index in [1.165, 1.54) is 5.56 Å². The molecule has 0 bridgehead atoms. The molecule has 1 fully saturated rings. The Bertz CT molecular complexity index is 922. The summed E-state index contributed by atoms with van der Waals surface area (Å²) in [5.74, 6) is 1.56. The number of alkyl halides is 2. The number of carbonyl (C=O) groups excluding carboxylic acids is 1. The van der Waals surface area contributed by atoms with Crippen LogP contribution in [0.3, 0.4) is 0 Å². The van der Waals surface area contributed by atoms with E-state index in [9.17, 15) is 13.6 Å². The molecule has 1 saturated carbocycles. The summed E-state index contributed by atoms with van der Waals surface area (Å²) in [4.78, 5) is 12.4. The van der Waals surface area contributed by atoms with E-state index in [0.29, 0.717) is 50.4 Å². The van der Waals surface area contributed by atoms with Gasteiger partial charge in [0.1, 0.15) is 5.75 Å². The highest BCUT2D eigenvalue weighted by molar-refractivity contribution is 5.81. The van der Waals surface area contributed by atoms with Gasteiger partial charge >= 0.3 is 6.11 Å². The molecule has 1 amide bonds. The van der Waals surface area contributed by atoms with Crippen LogP contribution in [0.15, 0.2) is 22.6 Å². The highest BCUT2D eigenvalue weighted by Crippen LogP contribution is 2.40. The van der Waals surface area contributed by atoms with Gasteiger partial charge in [0.2, 0.25) is 11.8 Å². The smallest absolute Gasteiger partial charge is 0.353 e. The highest BCUT2D eigenvalue weighted by atomic mass is 19.3. The third-order valence-corrected chi connectivity index (χ3v) is 5.62. The fourth-order valence-corrected chi connectivity index (χ4v) is 3.96. The van der Waals surface area contributed by atoms with Crippen LogP contribution in [0.5, 0.6) is 5.75 Å². The lowest BCUT2D eigenvalue weighted by atomic mass is 9.82. The molecule has 0 radical (unpaired) electrons. The van der Waals surface area contributed by atoms with E-state index in [1.54, 1.807) is 0 Å². The number of rotatable bonds is 8. The summed E-state index contributed by atoms with van der Waals surface area (Å²) in [5.41, 5.74) is 2.33. The SMILES string of the molecule is Cc1ccc2c(c1)CCC(C(=O)NCCCc1nnc(C3CC(OC(C)(F)F)C3)o1)O2. The van der Waals surface area contributed by atoms with E-state index in [0.717, 1.165) is 24.7 Å². The number of nitrogens with one attached hydrogen (secondary N) is 1. The van der Waals surface area contributed by atoms with Crippen molar-refractivity contribution in [3.05, 3.63) is 41.1 Å². The van der Waals surface area contributed by atoms with Gasteiger partial charge in [-0.3, -0.25) is 4.79 Å². The van der Waals surface area contributed by atoms with Gasteiger partial charge in [-0.2, -0.15) is 8.78 Å². The fourth-order valence-electron chi connectivity index (χ4n) is 3.96. The first-order valence-corrected chi connectivity index (χ1v) is 10.7. The zero-order valence-electron chi connectivity index (χ0n) is 17.7. The fraction of sp³-hybridized carbons (Fsp3) is 0.591. The first kappa shape index (κ1) is 21.7. The lowest BCUT2D eigenvalue weighted by Crippen LogP contribution is -2.40. The standard InChI is InChI=1S/C22H27F2N3O4/c1-13-5-7-17-14(10-13)6-8-18(29-17)20(28)25-9-3-4-19-26-27-21(30-19)15-11-16(12-15)31-22(2,23)24/h5,7,10,15-16,18H,3-4,6,8-9,11-12H2,1-2H3,(H,25,28). The Morgan fingerprint density at radius 1 is 1.32 bits per heavy atom. The van der Waals surface area contributed by atoms with Crippen LogP contribution >= 0.6 is 0 Å². The molecular weight excluding hydrogens is 408 g/mol. The molecular formula is C22H27F2N3O4. The predicted molar refractivity (Wildman–Crippen MR) is 107 cm³/mol. The van der Waals surface area contributed by atoms with Crippen LogP contribution in [0.2, 0.25) is 0 Å². The monoisotopic (exact) mass is 435 g/mol. The molecule has 0 spiro atoms. The van der Waals surface area contributed by atoms with E-state index in [1.807, 2.05) is 19.1 Å². The van der Waals surface area contributed by atoms with Crippen LogP contribution in [-0.4, -0.2) is 41.0 Å². The number of halogens is 2. The first-order valence-electron chi connectivity index (χ1n) is 10.7. The second-order valence-electron chi connectivity index (χ2n) is 8.40. The summed E-state index contributed by atoms with van der Waals surface area (Å²) in [7, 11) is 0. The molecule has 1 aromatic carbocycles. The minimum Gasteiger partial charge on any atom is -0.480 e. The van der Waals surface area contributed by atoms with E-state index in [2.05, 4.69) is 26.3 Å². The number of amides is 1. The number of hydrogen-bond acceptors (Lipinski definition) is 6. The summed E-state index contributed by atoms with van der Waals surface area (Å²) in [6.07, 6.45) is -0.520. The Labute approximate surface area is 179 Å². The second kappa shape index (κ2) is 8.90. The van der Waals surface area contributed by atoms with Crippen LogP contribution in [0.4, 0.5) is 8.78 Å². The quantitative estimate of drug-likeness (QED) is 0.637. The molecule has 1 atom stereocenters. The average Bonchev–Trinajstić information content (AvgIpc) is 3.14. The molecule has 168 valence electrons. The van der Waals surface area contributed by atoms with Gasteiger partial charge in [0.15, 0.2) is 6.10 Å². The van der Waals surface area contributed by atoms with Crippen molar-refractivity contribution in [1.29, 1.82) is 0 Å². The van der Waals surface area contributed by atoms with Gasteiger partial charge < -0.3 is 19.2 Å². The zero-order chi connectivity index (χ0) is 22.0. The lowest BCUT2D eigenvalue weighted by Gasteiger charge is -2.34. The molecule has 7 nitrogen and oxygen atoms in total. The van der Waals surface area contributed by atoms with Crippen molar-refractivity contribution >= 4 is 5.91 Å². The van der Waals surface area contributed by atoms with Crippen molar-refractivity contribution in [3.63, 3.8) is 0 Å². The lowest BCUT2D eigenvalue weighted by molar-refractivity contribution is -0.265. The van der Waals surface area contributed by atoms with E-state index < -0.39 is 18.3 Å². The van der Waals surface area contributed by atoms with Crippen molar-refractivity contribution in [1.82, 2.24) is 15.5 Å². The van der Waals surface area contributed by atoms with Crippen molar-refractivity contribution in [2.45, 2.75) is 76.6 Å². The number of hydrogen-bond donors (Lipinski definition) is 1. The average molecular weight is 435 g/mol. The summed E-state index contributed by atoms with van der Waals surface area (Å²) in [6.45, 7) is 3.25. The summed E-state index contributed by atoms with van der Waals surface area (Å²) < 4.78 is 41.8.